The van der Waals surface area contributed by atoms with Gasteiger partial charge >= 0.3 is 6.03 Å². The zero-order chi connectivity index (χ0) is 13.0. The molecule has 18 heavy (non-hydrogen) atoms. The predicted octanol–water partition coefficient (Wildman–Crippen LogP) is 1.73. The van der Waals surface area contributed by atoms with Crippen LogP contribution in [0.5, 0.6) is 0 Å². The molecule has 0 aromatic carbocycles. The minimum Gasteiger partial charge on any atom is -0.332 e. The maximum absolute atomic E-state index is 12.0. The number of hydrogen-bond donors (Lipinski definition) is 1. The fourth-order valence-corrected chi connectivity index (χ4v) is 2.16. The number of carbonyl (C=O) groups excluding carboxylic acids is 1. The summed E-state index contributed by atoms with van der Waals surface area (Å²) >= 11 is 0. The Morgan fingerprint density at radius 2 is 2.33 bits per heavy atom. The van der Waals surface area contributed by atoms with Crippen LogP contribution >= 0.6 is 0 Å². The Hall–Kier alpha value is -1.65. The van der Waals surface area contributed by atoms with Crippen LogP contribution in [-0.2, 0) is 6.54 Å². The normalized spacial score (nSPS) is 19.7. The SMILES string of the molecule is Cc1cnc(CNC(=O)N2CCCC(C)C2)cn1. The molecule has 0 radical (unpaired) electrons. The van der Waals surface area contributed by atoms with E-state index >= 15 is 0 Å². The third kappa shape index (κ3) is 3.42. The number of nitrogens with one attached hydrogen (secondary N) is 1. The van der Waals surface area contributed by atoms with Gasteiger partial charge in [-0.1, -0.05) is 6.92 Å². The molecule has 2 amide bonds. The summed E-state index contributed by atoms with van der Waals surface area (Å²) in [4.78, 5) is 22.2. The van der Waals surface area contributed by atoms with Gasteiger partial charge in [0.15, 0.2) is 0 Å². The van der Waals surface area contributed by atoms with E-state index in [1.54, 1.807) is 12.4 Å². The van der Waals surface area contributed by atoms with Crippen LogP contribution in [0.4, 0.5) is 4.79 Å². The molecule has 2 heterocycles. The molecule has 1 aliphatic heterocycles. The number of likely N-dealkylation sites (tertiary alicyclic amines) is 1. The number of aromatic nitrogens is 2. The largest absolute Gasteiger partial charge is 0.332 e. The number of nitrogens with zero attached hydrogens (tertiary/aromatic N) is 3. The molecule has 1 N–H and O–H groups in total. The molecule has 5 nitrogen and oxygen atoms in total. The van der Waals surface area contributed by atoms with E-state index in [2.05, 4.69) is 22.2 Å². The van der Waals surface area contributed by atoms with Gasteiger partial charge in [0, 0.05) is 19.3 Å². The zero-order valence-corrected chi connectivity index (χ0v) is 11.0. The molecule has 1 unspecified atom stereocenters. The molecule has 1 fully saturated rings. The maximum atomic E-state index is 12.0. The number of aryl methyl sites for hydroxylation is 1. The summed E-state index contributed by atoms with van der Waals surface area (Å²) in [6, 6.07) is 0.00363. The number of hydrogen-bond acceptors (Lipinski definition) is 3. The minimum absolute atomic E-state index is 0.00363. The van der Waals surface area contributed by atoms with Gasteiger partial charge in [0.25, 0.3) is 0 Å². The van der Waals surface area contributed by atoms with E-state index in [4.69, 9.17) is 0 Å². The van der Waals surface area contributed by atoms with Gasteiger partial charge in [-0.05, 0) is 25.7 Å². The Morgan fingerprint density at radius 1 is 1.50 bits per heavy atom. The summed E-state index contributed by atoms with van der Waals surface area (Å²) in [5.41, 5.74) is 1.67. The van der Waals surface area contributed by atoms with E-state index in [1.165, 1.54) is 6.42 Å². The molecular formula is C13H20N4O. The molecule has 0 bridgehead atoms. The lowest BCUT2D eigenvalue weighted by molar-refractivity contribution is 0.169. The van der Waals surface area contributed by atoms with Crippen molar-refractivity contribution in [2.24, 2.45) is 5.92 Å². The van der Waals surface area contributed by atoms with Crippen LogP contribution in [-0.4, -0.2) is 34.0 Å². The number of amides is 2. The second-order valence-corrected chi connectivity index (χ2v) is 5.00. The van der Waals surface area contributed by atoms with Crippen molar-refractivity contribution in [1.29, 1.82) is 0 Å². The fraction of sp³-hybridized carbons (Fsp3) is 0.615. The molecule has 1 saturated heterocycles. The standard InChI is InChI=1S/C13H20N4O/c1-10-4-3-5-17(9-10)13(18)16-8-12-7-14-11(2)6-15-12/h6-7,10H,3-5,8-9H2,1-2H3,(H,16,18). The average molecular weight is 248 g/mol. The van der Waals surface area contributed by atoms with Crippen molar-refractivity contribution in [3.8, 4) is 0 Å². The predicted molar refractivity (Wildman–Crippen MR) is 69.0 cm³/mol. The van der Waals surface area contributed by atoms with Crippen molar-refractivity contribution in [1.82, 2.24) is 20.2 Å². The van der Waals surface area contributed by atoms with Crippen molar-refractivity contribution in [3.05, 3.63) is 23.8 Å². The van der Waals surface area contributed by atoms with Crippen molar-refractivity contribution >= 4 is 6.03 Å². The van der Waals surface area contributed by atoms with Crippen LogP contribution < -0.4 is 5.32 Å². The average Bonchev–Trinajstić information content (AvgIpc) is 2.38. The molecule has 1 aromatic rings. The van der Waals surface area contributed by atoms with Gasteiger partial charge in [0.2, 0.25) is 0 Å². The molecule has 1 aliphatic rings. The lowest BCUT2D eigenvalue weighted by Crippen LogP contribution is -2.44. The van der Waals surface area contributed by atoms with E-state index in [0.717, 1.165) is 30.9 Å². The molecule has 1 aromatic heterocycles. The van der Waals surface area contributed by atoms with Gasteiger partial charge < -0.3 is 10.2 Å². The molecule has 5 heteroatoms. The van der Waals surface area contributed by atoms with Gasteiger partial charge in [-0.2, -0.15) is 0 Å². The van der Waals surface area contributed by atoms with Crippen LogP contribution in [0.3, 0.4) is 0 Å². The monoisotopic (exact) mass is 248 g/mol. The third-order valence-electron chi connectivity index (χ3n) is 3.20. The number of piperidine rings is 1. The van der Waals surface area contributed by atoms with E-state index in [1.807, 2.05) is 11.8 Å². The van der Waals surface area contributed by atoms with Gasteiger partial charge in [0.1, 0.15) is 0 Å². The second kappa shape index (κ2) is 5.80. The number of carbonyl (C=O) groups is 1. The lowest BCUT2D eigenvalue weighted by Gasteiger charge is -2.30. The van der Waals surface area contributed by atoms with Crippen LogP contribution in [0.25, 0.3) is 0 Å². The van der Waals surface area contributed by atoms with E-state index in [-0.39, 0.29) is 6.03 Å². The molecule has 0 saturated carbocycles. The lowest BCUT2D eigenvalue weighted by atomic mass is 10.0. The van der Waals surface area contributed by atoms with Crippen molar-refractivity contribution in [2.75, 3.05) is 13.1 Å². The highest BCUT2D eigenvalue weighted by Gasteiger charge is 2.20. The Balaban J connectivity index is 1.82. The second-order valence-electron chi connectivity index (χ2n) is 5.00. The molecule has 0 spiro atoms. The fourth-order valence-electron chi connectivity index (χ4n) is 2.16. The molecule has 98 valence electrons. The Bertz CT molecular complexity index is 404. The maximum Gasteiger partial charge on any atom is 0.317 e. The van der Waals surface area contributed by atoms with Gasteiger partial charge in [-0.25, -0.2) is 4.79 Å². The minimum atomic E-state index is 0.00363. The smallest absolute Gasteiger partial charge is 0.317 e. The van der Waals surface area contributed by atoms with Crippen molar-refractivity contribution in [2.45, 2.75) is 33.2 Å². The Kier molecular flexibility index (Phi) is 4.12. The summed E-state index contributed by atoms with van der Waals surface area (Å²) in [5, 5.41) is 2.89. The summed E-state index contributed by atoms with van der Waals surface area (Å²) in [5.74, 6) is 0.601. The zero-order valence-electron chi connectivity index (χ0n) is 11.0. The van der Waals surface area contributed by atoms with E-state index in [9.17, 15) is 4.79 Å². The van der Waals surface area contributed by atoms with Crippen LogP contribution in [0.2, 0.25) is 0 Å². The first kappa shape index (κ1) is 12.8. The molecular weight excluding hydrogens is 228 g/mol. The van der Waals surface area contributed by atoms with E-state index in [0.29, 0.717) is 12.5 Å². The Morgan fingerprint density at radius 3 is 3.00 bits per heavy atom. The molecule has 1 atom stereocenters. The number of urea groups is 1. The first-order valence-electron chi connectivity index (χ1n) is 6.45. The van der Waals surface area contributed by atoms with Crippen LogP contribution in [0.1, 0.15) is 31.2 Å². The highest BCUT2D eigenvalue weighted by Crippen LogP contribution is 2.15. The highest BCUT2D eigenvalue weighted by atomic mass is 16.2. The summed E-state index contributed by atoms with van der Waals surface area (Å²) < 4.78 is 0. The summed E-state index contributed by atoms with van der Waals surface area (Å²) in [6.07, 6.45) is 5.73. The first-order valence-corrected chi connectivity index (χ1v) is 6.45. The quantitative estimate of drug-likeness (QED) is 0.867. The first-order chi connectivity index (χ1) is 8.65. The van der Waals surface area contributed by atoms with Gasteiger partial charge in [0.05, 0.1) is 24.1 Å². The van der Waals surface area contributed by atoms with Crippen LogP contribution in [0, 0.1) is 12.8 Å². The summed E-state index contributed by atoms with van der Waals surface area (Å²) in [6.45, 7) is 6.23. The third-order valence-corrected chi connectivity index (χ3v) is 3.20. The van der Waals surface area contributed by atoms with Gasteiger partial charge in [-0.3, -0.25) is 9.97 Å². The van der Waals surface area contributed by atoms with Crippen molar-refractivity contribution < 1.29 is 4.79 Å². The van der Waals surface area contributed by atoms with Crippen LogP contribution in [0.15, 0.2) is 12.4 Å². The molecule has 0 aliphatic carbocycles. The molecule has 2 rings (SSSR count). The van der Waals surface area contributed by atoms with Crippen molar-refractivity contribution in [3.63, 3.8) is 0 Å². The Labute approximate surface area is 108 Å². The van der Waals surface area contributed by atoms with E-state index < -0.39 is 0 Å². The summed E-state index contributed by atoms with van der Waals surface area (Å²) in [7, 11) is 0. The topological polar surface area (TPSA) is 58.1 Å². The van der Waals surface area contributed by atoms with Gasteiger partial charge in [-0.15, -0.1) is 0 Å². The highest BCUT2D eigenvalue weighted by molar-refractivity contribution is 5.74. The number of rotatable bonds is 2.